The highest BCUT2D eigenvalue weighted by Crippen LogP contribution is 2.75. The van der Waals surface area contributed by atoms with Gasteiger partial charge in [0.05, 0.1) is 27.8 Å². The number of benzene rings is 4. The lowest BCUT2D eigenvalue weighted by Gasteiger charge is -2.47. The van der Waals surface area contributed by atoms with E-state index in [1.807, 2.05) is 0 Å². The van der Waals surface area contributed by atoms with Crippen molar-refractivity contribution in [1.29, 1.82) is 0 Å². The second-order valence-electron chi connectivity index (χ2n) is 10.6. The number of carbonyl (C=O) groups is 3. The number of phenols is 5. The van der Waals surface area contributed by atoms with Crippen LogP contribution >= 0.6 is 0 Å². The van der Waals surface area contributed by atoms with Crippen molar-refractivity contribution in [2.45, 2.75) is 17.3 Å². The monoisotopic (exact) mass is 506 g/mol. The fourth-order valence-electron chi connectivity index (χ4n) is 8.38. The summed E-state index contributed by atoms with van der Waals surface area (Å²) in [5.41, 5.74) is -1.84. The van der Waals surface area contributed by atoms with Gasteiger partial charge in [-0.05, 0) is 57.8 Å². The van der Waals surface area contributed by atoms with Crippen molar-refractivity contribution < 1.29 is 39.9 Å². The first-order valence-electron chi connectivity index (χ1n) is 12.2. The zero-order chi connectivity index (χ0) is 26.5. The van der Waals surface area contributed by atoms with Crippen molar-refractivity contribution in [3.05, 3.63) is 88.0 Å². The molecule has 4 aromatic carbocycles. The average Bonchev–Trinajstić information content (AvgIpc) is 3.21. The van der Waals surface area contributed by atoms with E-state index in [0.717, 1.165) is 6.07 Å². The van der Waals surface area contributed by atoms with E-state index in [1.54, 1.807) is 24.3 Å². The van der Waals surface area contributed by atoms with E-state index in [4.69, 9.17) is 0 Å². The number of ketones is 3. The second kappa shape index (κ2) is 6.16. The Balaban J connectivity index is 1.71. The van der Waals surface area contributed by atoms with Crippen LogP contribution in [-0.2, 0) is 15.6 Å². The number of hydrogen-bond donors (Lipinski definition) is 5. The summed E-state index contributed by atoms with van der Waals surface area (Å²) in [5.74, 6) is -5.22. The van der Waals surface area contributed by atoms with Gasteiger partial charge in [0.25, 0.3) is 0 Å². The summed E-state index contributed by atoms with van der Waals surface area (Å²) in [5, 5.41) is 54.5. The predicted molar refractivity (Wildman–Crippen MR) is 132 cm³/mol. The number of Topliss-reactive ketones (excluding diaryl/α,β-unsaturated/α-hetero) is 3. The molecule has 2 bridgehead atoms. The zero-order valence-electron chi connectivity index (χ0n) is 19.5. The molecule has 4 aliphatic carbocycles. The molecule has 38 heavy (non-hydrogen) atoms. The van der Waals surface area contributed by atoms with E-state index in [0.29, 0.717) is 22.1 Å². The van der Waals surface area contributed by atoms with Gasteiger partial charge in [0.1, 0.15) is 28.7 Å². The van der Waals surface area contributed by atoms with Gasteiger partial charge in [-0.15, -0.1) is 0 Å². The van der Waals surface area contributed by atoms with Crippen molar-refractivity contribution in [1.82, 2.24) is 0 Å². The third kappa shape index (κ3) is 1.84. The number of hydrogen-bond acceptors (Lipinski definition) is 8. The van der Waals surface area contributed by atoms with Gasteiger partial charge in [-0.25, -0.2) is 0 Å². The lowest BCUT2D eigenvalue weighted by Crippen LogP contribution is -2.53. The van der Waals surface area contributed by atoms with Crippen LogP contribution in [0.2, 0.25) is 0 Å². The Morgan fingerprint density at radius 3 is 2.11 bits per heavy atom. The molecule has 4 unspecified atom stereocenters. The highest BCUT2D eigenvalue weighted by atomic mass is 16.3. The Hall–Kier alpha value is -4.85. The fraction of sp³-hybridized carbons (Fsp3) is 0.167. The van der Waals surface area contributed by atoms with Crippen LogP contribution in [0, 0.1) is 11.8 Å². The number of fused-ring (bicyclic) bond motifs is 4. The normalized spacial score (nSPS) is 27.7. The van der Waals surface area contributed by atoms with E-state index in [-0.39, 0.29) is 51.5 Å². The molecule has 8 heteroatoms. The summed E-state index contributed by atoms with van der Waals surface area (Å²) >= 11 is 0. The van der Waals surface area contributed by atoms with E-state index >= 15 is 0 Å². The summed E-state index contributed by atoms with van der Waals surface area (Å²) in [4.78, 5) is 42.2. The van der Waals surface area contributed by atoms with Crippen molar-refractivity contribution in [2.75, 3.05) is 0 Å². The van der Waals surface area contributed by atoms with Crippen LogP contribution in [0.5, 0.6) is 28.7 Å². The summed E-state index contributed by atoms with van der Waals surface area (Å²) in [6.07, 6.45) is -0.225. The van der Waals surface area contributed by atoms with Crippen LogP contribution in [0.4, 0.5) is 0 Å². The Bertz CT molecular complexity index is 1880. The second-order valence-corrected chi connectivity index (χ2v) is 10.6. The maximum Gasteiger partial charge on any atom is 0.177 e. The zero-order valence-corrected chi connectivity index (χ0v) is 19.5. The van der Waals surface area contributed by atoms with Crippen molar-refractivity contribution >= 4 is 28.1 Å². The van der Waals surface area contributed by atoms with Gasteiger partial charge in [0.2, 0.25) is 0 Å². The van der Waals surface area contributed by atoms with Crippen molar-refractivity contribution in [2.24, 2.45) is 11.8 Å². The first kappa shape index (κ1) is 21.3. The van der Waals surface area contributed by atoms with Gasteiger partial charge >= 0.3 is 0 Å². The Labute approximate surface area is 214 Å². The topological polar surface area (TPSA) is 152 Å². The van der Waals surface area contributed by atoms with Gasteiger partial charge in [-0.3, -0.25) is 14.4 Å². The molecule has 0 amide bonds. The average molecular weight is 506 g/mol. The summed E-state index contributed by atoms with van der Waals surface area (Å²) < 4.78 is 0. The molecular formula is C30H18O8. The molecule has 0 heterocycles. The molecule has 0 aliphatic heterocycles. The number of carbonyl (C=O) groups excluding carboxylic acids is 3. The number of aromatic hydroxyl groups is 5. The Kier molecular flexibility index (Phi) is 3.45. The SMILES string of the molecule is O=C1CC2C3C(=O)c4c(O)cc(O)cc4C4(C3=O)c3ccc(O)c5c(O)ccc(c35)C24c2cccc(O)c21. The Morgan fingerprint density at radius 1 is 0.658 bits per heavy atom. The van der Waals surface area contributed by atoms with Gasteiger partial charge in [-0.2, -0.15) is 0 Å². The lowest BCUT2D eigenvalue weighted by atomic mass is 9.51. The molecular weight excluding hydrogens is 488 g/mol. The molecule has 186 valence electrons. The van der Waals surface area contributed by atoms with Crippen molar-refractivity contribution in [3.8, 4) is 28.7 Å². The highest BCUT2D eigenvalue weighted by Gasteiger charge is 2.80. The fourth-order valence-corrected chi connectivity index (χ4v) is 8.38. The third-order valence-corrected chi connectivity index (χ3v) is 9.33. The predicted octanol–water partition coefficient (Wildman–Crippen LogP) is 3.55. The maximum absolute atomic E-state index is 14.7. The highest BCUT2D eigenvalue weighted by molar-refractivity contribution is 6.28. The van der Waals surface area contributed by atoms with Crippen LogP contribution in [0.1, 0.15) is 49.4 Å². The molecule has 5 N–H and O–H groups in total. The van der Waals surface area contributed by atoms with E-state index in [9.17, 15) is 39.9 Å². The quantitative estimate of drug-likeness (QED) is 0.227. The summed E-state index contributed by atoms with van der Waals surface area (Å²) in [6.45, 7) is 0. The number of phenolic OH excluding ortho intramolecular Hbond substituents is 5. The molecule has 0 radical (unpaired) electrons. The minimum Gasteiger partial charge on any atom is -0.508 e. The molecule has 1 saturated carbocycles. The first-order valence-corrected chi connectivity index (χ1v) is 12.2. The molecule has 0 saturated heterocycles. The molecule has 0 aromatic heterocycles. The molecule has 2 spiro atoms. The maximum atomic E-state index is 14.7. The standard InChI is InChI=1S/C30H18O8/c31-11-8-15-24(20(35)9-11)27(37)25-16-10-21(36)23-12(2-1-3-17(23)32)29(16)13-4-6-18(33)26-19(34)7-5-14(22(13)26)30(15,29)28(25)38/h1-9,16,25,31-35H,10H2. The first-order chi connectivity index (χ1) is 18.2. The summed E-state index contributed by atoms with van der Waals surface area (Å²) in [6, 6.07) is 12.9. The van der Waals surface area contributed by atoms with Gasteiger partial charge < -0.3 is 25.5 Å². The number of rotatable bonds is 0. The smallest absolute Gasteiger partial charge is 0.177 e. The van der Waals surface area contributed by atoms with E-state index in [2.05, 4.69) is 0 Å². The van der Waals surface area contributed by atoms with Gasteiger partial charge in [0.15, 0.2) is 17.3 Å². The lowest BCUT2D eigenvalue weighted by molar-refractivity contribution is -0.124. The molecule has 8 nitrogen and oxygen atoms in total. The third-order valence-electron chi connectivity index (χ3n) is 9.33. The summed E-state index contributed by atoms with van der Waals surface area (Å²) in [7, 11) is 0. The minimum absolute atomic E-state index is 0.0418. The van der Waals surface area contributed by atoms with Crippen LogP contribution in [0.25, 0.3) is 10.8 Å². The molecule has 1 fully saturated rings. The van der Waals surface area contributed by atoms with Crippen LogP contribution in [0.3, 0.4) is 0 Å². The van der Waals surface area contributed by atoms with E-state index < -0.39 is 45.8 Å². The largest absolute Gasteiger partial charge is 0.508 e. The van der Waals surface area contributed by atoms with Gasteiger partial charge in [0, 0.05) is 17.9 Å². The van der Waals surface area contributed by atoms with Gasteiger partial charge in [-0.1, -0.05) is 24.3 Å². The van der Waals surface area contributed by atoms with Crippen LogP contribution in [0.15, 0.2) is 54.6 Å². The molecule has 4 aliphatic rings. The van der Waals surface area contributed by atoms with Crippen molar-refractivity contribution in [3.63, 3.8) is 0 Å². The molecule has 4 aromatic rings. The Morgan fingerprint density at radius 2 is 1.37 bits per heavy atom. The minimum atomic E-state index is -1.70. The molecule has 8 rings (SSSR count). The molecule has 4 atom stereocenters. The van der Waals surface area contributed by atoms with Crippen LogP contribution in [-0.4, -0.2) is 42.9 Å². The van der Waals surface area contributed by atoms with E-state index in [1.165, 1.54) is 24.3 Å². The van der Waals surface area contributed by atoms with Crippen LogP contribution < -0.4 is 0 Å².